The van der Waals surface area contributed by atoms with Crippen molar-refractivity contribution < 1.29 is 9.53 Å². The molecule has 0 radical (unpaired) electrons. The van der Waals surface area contributed by atoms with Crippen LogP contribution in [0.1, 0.15) is 41.7 Å². The van der Waals surface area contributed by atoms with E-state index in [1.165, 1.54) is 12.8 Å². The molecule has 0 bridgehead atoms. The largest absolute Gasteiger partial charge is 0.493 e. The van der Waals surface area contributed by atoms with E-state index in [0.29, 0.717) is 36.9 Å². The van der Waals surface area contributed by atoms with E-state index in [4.69, 9.17) is 4.74 Å². The van der Waals surface area contributed by atoms with Gasteiger partial charge in [-0.05, 0) is 48.7 Å². The van der Waals surface area contributed by atoms with Crippen LogP contribution in [0.3, 0.4) is 0 Å². The predicted octanol–water partition coefficient (Wildman–Crippen LogP) is 3.87. The van der Waals surface area contributed by atoms with Crippen LogP contribution >= 0.6 is 0 Å². The molecule has 6 heteroatoms. The van der Waals surface area contributed by atoms with Crippen molar-refractivity contribution in [3.8, 4) is 5.75 Å². The number of fused-ring (bicyclic) bond motifs is 1. The average molecular weight is 402 g/mol. The van der Waals surface area contributed by atoms with Crippen molar-refractivity contribution in [2.24, 2.45) is 0 Å². The van der Waals surface area contributed by atoms with Gasteiger partial charge >= 0.3 is 0 Å². The third kappa shape index (κ3) is 3.58. The molecule has 5 rings (SSSR count). The molecular weight excluding hydrogens is 376 g/mol. The predicted molar refractivity (Wildman–Crippen MR) is 117 cm³/mol. The minimum Gasteiger partial charge on any atom is -0.493 e. The van der Waals surface area contributed by atoms with Gasteiger partial charge < -0.3 is 14.5 Å². The Kier molecular flexibility index (Phi) is 4.99. The first-order chi connectivity index (χ1) is 14.7. The molecule has 1 aliphatic heterocycles. The van der Waals surface area contributed by atoms with Gasteiger partial charge in [0, 0.05) is 32.1 Å². The number of nitrogens with zero attached hydrogens (tertiary/aromatic N) is 4. The lowest BCUT2D eigenvalue weighted by molar-refractivity contribution is 0.0744. The van der Waals surface area contributed by atoms with Crippen LogP contribution in [-0.2, 0) is 0 Å². The Bertz CT molecular complexity index is 1050. The third-order valence-corrected chi connectivity index (χ3v) is 5.96. The van der Waals surface area contributed by atoms with Crippen LogP contribution in [0.4, 0.5) is 5.82 Å². The highest BCUT2D eigenvalue weighted by atomic mass is 16.5. The molecule has 2 aliphatic rings. The molecule has 2 fully saturated rings. The van der Waals surface area contributed by atoms with Crippen molar-refractivity contribution in [3.63, 3.8) is 0 Å². The highest BCUT2D eigenvalue weighted by molar-refractivity contribution is 6.09. The molecular formula is C24H26N4O2. The molecule has 1 amide bonds. The van der Waals surface area contributed by atoms with E-state index in [2.05, 4.69) is 27.2 Å². The standard InChI is InChI=1S/C24H26N4O2/c1-2-30-21-11-9-17-5-3-4-6-19(17)23(21)24(29)28-15-13-27(14-16-28)22-12-10-20(25-26-22)18-7-8-18/h3-6,9-12,18H,2,7-8,13-16H2,1H3. The van der Waals surface area contributed by atoms with Crippen LogP contribution < -0.4 is 9.64 Å². The first-order valence-electron chi connectivity index (χ1n) is 10.8. The summed E-state index contributed by atoms with van der Waals surface area (Å²) in [5.74, 6) is 2.20. The number of piperazine rings is 1. The Hall–Kier alpha value is -3.15. The minimum absolute atomic E-state index is 0.0325. The average Bonchev–Trinajstić information content (AvgIpc) is 3.65. The van der Waals surface area contributed by atoms with Gasteiger partial charge in [-0.2, -0.15) is 5.10 Å². The zero-order valence-electron chi connectivity index (χ0n) is 17.3. The lowest BCUT2D eigenvalue weighted by atomic mass is 10.0. The molecule has 0 atom stereocenters. The van der Waals surface area contributed by atoms with Crippen molar-refractivity contribution in [2.75, 3.05) is 37.7 Å². The lowest BCUT2D eigenvalue weighted by Gasteiger charge is -2.35. The summed E-state index contributed by atoms with van der Waals surface area (Å²) in [5.41, 5.74) is 1.77. The summed E-state index contributed by atoms with van der Waals surface area (Å²) in [6.07, 6.45) is 2.46. The molecule has 1 aromatic heterocycles. The fourth-order valence-corrected chi connectivity index (χ4v) is 4.15. The number of carbonyl (C=O) groups excluding carboxylic acids is 1. The highest BCUT2D eigenvalue weighted by Gasteiger charge is 2.28. The number of carbonyl (C=O) groups is 1. The molecule has 1 saturated carbocycles. The van der Waals surface area contributed by atoms with Crippen molar-refractivity contribution >= 4 is 22.5 Å². The van der Waals surface area contributed by atoms with E-state index in [9.17, 15) is 4.79 Å². The van der Waals surface area contributed by atoms with Gasteiger partial charge in [0.15, 0.2) is 5.82 Å². The van der Waals surface area contributed by atoms with E-state index >= 15 is 0 Å². The Labute approximate surface area is 176 Å². The number of hydrogen-bond acceptors (Lipinski definition) is 5. The minimum atomic E-state index is 0.0325. The van der Waals surface area contributed by atoms with Crippen LogP contribution in [0.15, 0.2) is 48.5 Å². The van der Waals surface area contributed by atoms with Gasteiger partial charge in [-0.15, -0.1) is 5.10 Å². The number of ether oxygens (including phenoxy) is 1. The van der Waals surface area contributed by atoms with Gasteiger partial charge in [0.2, 0.25) is 0 Å². The summed E-state index contributed by atoms with van der Waals surface area (Å²) >= 11 is 0. The monoisotopic (exact) mass is 402 g/mol. The molecule has 1 aliphatic carbocycles. The van der Waals surface area contributed by atoms with Crippen molar-refractivity contribution in [2.45, 2.75) is 25.7 Å². The van der Waals surface area contributed by atoms with Crippen LogP contribution in [0.5, 0.6) is 5.75 Å². The molecule has 0 N–H and O–H groups in total. The van der Waals surface area contributed by atoms with Crippen LogP contribution in [0, 0.1) is 0 Å². The van der Waals surface area contributed by atoms with Gasteiger partial charge in [-0.3, -0.25) is 4.79 Å². The van der Waals surface area contributed by atoms with E-state index in [-0.39, 0.29) is 5.91 Å². The number of hydrogen-bond donors (Lipinski definition) is 0. The number of amides is 1. The Balaban J connectivity index is 1.33. The zero-order chi connectivity index (χ0) is 20.5. The molecule has 6 nitrogen and oxygen atoms in total. The molecule has 3 aromatic rings. The molecule has 2 heterocycles. The summed E-state index contributed by atoms with van der Waals surface area (Å²) in [5, 5.41) is 10.8. The Morgan fingerprint density at radius 1 is 1.00 bits per heavy atom. The quantitative estimate of drug-likeness (QED) is 0.648. The highest BCUT2D eigenvalue weighted by Crippen LogP contribution is 2.38. The molecule has 1 saturated heterocycles. The second kappa shape index (κ2) is 7.94. The van der Waals surface area contributed by atoms with E-state index in [1.54, 1.807) is 0 Å². The lowest BCUT2D eigenvalue weighted by Crippen LogP contribution is -2.49. The smallest absolute Gasteiger partial charge is 0.258 e. The number of aromatic nitrogens is 2. The van der Waals surface area contributed by atoms with Gasteiger partial charge in [0.1, 0.15) is 5.75 Å². The van der Waals surface area contributed by atoms with E-state index < -0.39 is 0 Å². The van der Waals surface area contributed by atoms with Crippen LogP contribution in [-0.4, -0.2) is 53.8 Å². The molecule has 30 heavy (non-hydrogen) atoms. The van der Waals surface area contributed by atoms with Gasteiger partial charge in [-0.1, -0.05) is 30.3 Å². The maximum absolute atomic E-state index is 13.5. The summed E-state index contributed by atoms with van der Waals surface area (Å²) in [4.78, 5) is 17.6. The van der Waals surface area contributed by atoms with Crippen molar-refractivity contribution in [1.29, 1.82) is 0 Å². The maximum atomic E-state index is 13.5. The zero-order valence-corrected chi connectivity index (χ0v) is 17.3. The number of benzene rings is 2. The SMILES string of the molecule is CCOc1ccc2ccccc2c1C(=O)N1CCN(c2ccc(C3CC3)nn2)CC1. The first-order valence-corrected chi connectivity index (χ1v) is 10.8. The molecule has 0 unspecified atom stereocenters. The van der Waals surface area contributed by atoms with Crippen LogP contribution in [0.2, 0.25) is 0 Å². The van der Waals surface area contributed by atoms with Crippen molar-refractivity contribution in [3.05, 3.63) is 59.8 Å². The summed E-state index contributed by atoms with van der Waals surface area (Å²) in [6, 6.07) is 16.1. The summed E-state index contributed by atoms with van der Waals surface area (Å²) in [7, 11) is 0. The summed E-state index contributed by atoms with van der Waals surface area (Å²) < 4.78 is 5.81. The van der Waals surface area contributed by atoms with E-state index in [0.717, 1.165) is 35.4 Å². The Morgan fingerprint density at radius 2 is 1.80 bits per heavy atom. The molecule has 154 valence electrons. The maximum Gasteiger partial charge on any atom is 0.258 e. The third-order valence-electron chi connectivity index (χ3n) is 5.96. The van der Waals surface area contributed by atoms with Gasteiger partial charge in [0.25, 0.3) is 5.91 Å². The first kappa shape index (κ1) is 18.9. The topological polar surface area (TPSA) is 58.6 Å². The van der Waals surface area contributed by atoms with Crippen molar-refractivity contribution in [1.82, 2.24) is 15.1 Å². The Morgan fingerprint density at radius 3 is 2.50 bits per heavy atom. The molecule has 0 spiro atoms. The fourth-order valence-electron chi connectivity index (χ4n) is 4.15. The molecule has 2 aromatic carbocycles. The van der Waals surface area contributed by atoms with Gasteiger partial charge in [0.05, 0.1) is 17.9 Å². The second-order valence-electron chi connectivity index (χ2n) is 7.96. The number of anilines is 1. The normalized spacial score (nSPS) is 16.7. The second-order valence-corrected chi connectivity index (χ2v) is 7.96. The van der Waals surface area contributed by atoms with Gasteiger partial charge in [-0.25, -0.2) is 0 Å². The summed E-state index contributed by atoms with van der Waals surface area (Å²) in [6.45, 7) is 5.27. The van der Waals surface area contributed by atoms with Crippen LogP contribution in [0.25, 0.3) is 10.8 Å². The van der Waals surface area contributed by atoms with E-state index in [1.807, 2.05) is 48.2 Å². The number of rotatable bonds is 5. The fraction of sp³-hybridized carbons (Fsp3) is 0.375.